The lowest BCUT2D eigenvalue weighted by atomic mass is 10.1. The molecule has 0 aromatic heterocycles. The third kappa shape index (κ3) is 4.76. The molecule has 2 aromatic rings. The molecule has 0 unspecified atom stereocenters. The number of Topliss-reactive ketones (excluding diaryl/α,β-unsaturated/α-hetero) is 1. The molecular formula is C20H23N3O4S. The molecule has 0 bridgehead atoms. The first-order chi connectivity index (χ1) is 13.4. The van der Waals surface area contributed by atoms with E-state index in [0.29, 0.717) is 30.0 Å². The average Bonchev–Trinajstić information content (AvgIpc) is 3.22. The second kappa shape index (κ2) is 8.53. The van der Waals surface area contributed by atoms with Gasteiger partial charge >= 0.3 is 0 Å². The van der Waals surface area contributed by atoms with Crippen LogP contribution in [0.4, 0.5) is 11.4 Å². The monoisotopic (exact) mass is 401 g/mol. The molecule has 1 fully saturated rings. The minimum atomic E-state index is -3.50. The van der Waals surface area contributed by atoms with Gasteiger partial charge in [0.05, 0.1) is 11.4 Å². The highest BCUT2D eigenvalue weighted by molar-refractivity contribution is 7.89. The predicted molar refractivity (Wildman–Crippen MR) is 108 cm³/mol. The summed E-state index contributed by atoms with van der Waals surface area (Å²) in [5.41, 5.74) is 1.60. The van der Waals surface area contributed by atoms with Crippen molar-refractivity contribution in [3.63, 3.8) is 0 Å². The predicted octanol–water partition coefficient (Wildman–Crippen LogP) is 2.72. The largest absolute Gasteiger partial charge is 0.376 e. The smallest absolute Gasteiger partial charge is 0.243 e. The maximum Gasteiger partial charge on any atom is 0.243 e. The van der Waals surface area contributed by atoms with Gasteiger partial charge in [0.25, 0.3) is 0 Å². The molecule has 0 saturated carbocycles. The number of sulfonamides is 1. The van der Waals surface area contributed by atoms with Gasteiger partial charge in [0, 0.05) is 30.0 Å². The fourth-order valence-corrected chi connectivity index (χ4v) is 4.61. The summed E-state index contributed by atoms with van der Waals surface area (Å²) in [6, 6.07) is 13.2. The van der Waals surface area contributed by atoms with Crippen LogP contribution in [0.15, 0.2) is 53.4 Å². The first-order valence-electron chi connectivity index (χ1n) is 9.11. The zero-order valence-electron chi connectivity index (χ0n) is 15.6. The molecule has 1 aliphatic rings. The fourth-order valence-electron chi connectivity index (χ4n) is 3.05. The lowest BCUT2D eigenvalue weighted by Gasteiger charge is -2.16. The van der Waals surface area contributed by atoms with Gasteiger partial charge < -0.3 is 10.6 Å². The lowest BCUT2D eigenvalue weighted by Crippen LogP contribution is -2.28. The second-order valence-corrected chi connectivity index (χ2v) is 8.62. The maximum atomic E-state index is 12.6. The number of hydrogen-bond acceptors (Lipinski definition) is 5. The Balaban J connectivity index is 1.62. The molecule has 1 heterocycles. The van der Waals surface area contributed by atoms with Crippen LogP contribution in [0.3, 0.4) is 0 Å². The number of benzene rings is 2. The third-order valence-electron chi connectivity index (χ3n) is 4.54. The van der Waals surface area contributed by atoms with Gasteiger partial charge in [0.2, 0.25) is 15.9 Å². The van der Waals surface area contributed by atoms with Crippen molar-refractivity contribution in [1.29, 1.82) is 0 Å². The molecule has 1 amide bonds. The second-order valence-electron chi connectivity index (χ2n) is 6.68. The minimum Gasteiger partial charge on any atom is -0.376 e. The zero-order chi connectivity index (χ0) is 20.1. The van der Waals surface area contributed by atoms with E-state index in [1.54, 1.807) is 42.5 Å². The first-order valence-corrected chi connectivity index (χ1v) is 10.6. The lowest BCUT2D eigenvalue weighted by molar-refractivity contribution is -0.114. The van der Waals surface area contributed by atoms with E-state index in [2.05, 4.69) is 10.6 Å². The molecular weight excluding hydrogens is 378 g/mol. The van der Waals surface area contributed by atoms with Gasteiger partial charge in [0.1, 0.15) is 0 Å². The van der Waals surface area contributed by atoms with Crippen molar-refractivity contribution in [2.24, 2.45) is 0 Å². The Morgan fingerprint density at radius 1 is 1.00 bits per heavy atom. The van der Waals surface area contributed by atoms with Crippen LogP contribution in [0.1, 0.15) is 30.1 Å². The van der Waals surface area contributed by atoms with Crippen molar-refractivity contribution in [3.8, 4) is 0 Å². The fraction of sp³-hybridized carbons (Fsp3) is 0.300. The quantitative estimate of drug-likeness (QED) is 0.696. The Morgan fingerprint density at radius 3 is 2.39 bits per heavy atom. The number of carbonyl (C=O) groups excluding carboxylic acids is 2. The maximum absolute atomic E-state index is 12.6. The van der Waals surface area contributed by atoms with Gasteiger partial charge in [0.15, 0.2) is 5.78 Å². The van der Waals surface area contributed by atoms with E-state index in [4.69, 9.17) is 0 Å². The van der Waals surface area contributed by atoms with E-state index in [1.165, 1.54) is 17.3 Å². The van der Waals surface area contributed by atoms with Gasteiger partial charge in [-0.2, -0.15) is 4.31 Å². The molecule has 7 nitrogen and oxygen atoms in total. The van der Waals surface area contributed by atoms with Crippen LogP contribution < -0.4 is 10.6 Å². The van der Waals surface area contributed by atoms with Gasteiger partial charge in [-0.15, -0.1) is 0 Å². The van der Waals surface area contributed by atoms with Gasteiger partial charge in [-0.1, -0.05) is 18.2 Å². The highest BCUT2D eigenvalue weighted by Crippen LogP contribution is 2.23. The van der Waals surface area contributed by atoms with Crippen molar-refractivity contribution in [2.75, 3.05) is 30.3 Å². The van der Waals surface area contributed by atoms with Crippen molar-refractivity contribution >= 4 is 33.1 Å². The van der Waals surface area contributed by atoms with E-state index in [0.717, 1.165) is 12.8 Å². The highest BCUT2D eigenvalue weighted by Gasteiger charge is 2.27. The van der Waals surface area contributed by atoms with Crippen LogP contribution in [0.2, 0.25) is 0 Å². The summed E-state index contributed by atoms with van der Waals surface area (Å²) in [7, 11) is -3.50. The number of amides is 1. The van der Waals surface area contributed by atoms with E-state index in [1.807, 2.05) is 0 Å². The summed E-state index contributed by atoms with van der Waals surface area (Å²) >= 11 is 0. The minimum absolute atomic E-state index is 0.0302. The topological polar surface area (TPSA) is 95.6 Å². The molecule has 3 rings (SSSR count). The normalized spacial score (nSPS) is 14.6. The van der Waals surface area contributed by atoms with Crippen LogP contribution in [-0.2, 0) is 14.8 Å². The number of carbonyl (C=O) groups is 2. The Labute approximate surface area is 164 Å². The number of nitrogens with zero attached hydrogens (tertiary/aromatic N) is 1. The summed E-state index contributed by atoms with van der Waals surface area (Å²) in [6.45, 7) is 2.52. The van der Waals surface area contributed by atoms with E-state index in [-0.39, 0.29) is 23.1 Å². The molecule has 148 valence electrons. The van der Waals surface area contributed by atoms with Crippen LogP contribution in [0.25, 0.3) is 0 Å². The molecule has 1 saturated heterocycles. The molecule has 2 N–H and O–H groups in total. The van der Waals surface area contributed by atoms with Crippen LogP contribution in [0.5, 0.6) is 0 Å². The summed E-state index contributed by atoms with van der Waals surface area (Å²) in [5, 5.41) is 5.66. The molecule has 2 aromatic carbocycles. The van der Waals surface area contributed by atoms with Gasteiger partial charge in [-0.25, -0.2) is 8.42 Å². The third-order valence-corrected chi connectivity index (χ3v) is 6.44. The number of rotatable bonds is 7. The van der Waals surface area contributed by atoms with Crippen molar-refractivity contribution in [1.82, 2.24) is 4.31 Å². The van der Waals surface area contributed by atoms with E-state index >= 15 is 0 Å². The molecule has 28 heavy (non-hydrogen) atoms. The molecule has 0 radical (unpaired) electrons. The Morgan fingerprint density at radius 2 is 1.68 bits per heavy atom. The van der Waals surface area contributed by atoms with Crippen LogP contribution in [-0.4, -0.2) is 44.0 Å². The summed E-state index contributed by atoms with van der Waals surface area (Å²) in [4.78, 5) is 23.8. The van der Waals surface area contributed by atoms with Gasteiger partial charge in [-0.3, -0.25) is 9.59 Å². The SMILES string of the molecule is CC(=O)c1cccc(NC(=O)CNc2cccc(S(=O)(=O)N3CCCC3)c2)c1. The number of anilines is 2. The molecule has 8 heteroatoms. The zero-order valence-corrected chi connectivity index (χ0v) is 16.5. The van der Waals surface area contributed by atoms with Crippen LogP contribution >= 0.6 is 0 Å². The van der Waals surface area contributed by atoms with E-state index < -0.39 is 10.0 Å². The first kappa shape index (κ1) is 20.0. The summed E-state index contributed by atoms with van der Waals surface area (Å²) in [5.74, 6) is -0.376. The Bertz CT molecular complexity index is 982. The van der Waals surface area contributed by atoms with Crippen LogP contribution in [0, 0.1) is 0 Å². The highest BCUT2D eigenvalue weighted by atomic mass is 32.2. The number of ketones is 1. The van der Waals surface area contributed by atoms with Crippen molar-refractivity contribution in [3.05, 3.63) is 54.1 Å². The molecule has 0 atom stereocenters. The standard InChI is InChI=1S/C20H23N3O4S/c1-15(24)16-6-4-8-18(12-16)22-20(25)14-21-17-7-5-9-19(13-17)28(26,27)23-10-2-3-11-23/h4-9,12-13,21H,2-3,10-11,14H2,1H3,(H,22,25). The van der Waals surface area contributed by atoms with Gasteiger partial charge in [-0.05, 0) is 50.1 Å². The average molecular weight is 401 g/mol. The Kier molecular flexibility index (Phi) is 6.11. The molecule has 0 spiro atoms. The van der Waals surface area contributed by atoms with Crippen molar-refractivity contribution in [2.45, 2.75) is 24.7 Å². The summed E-state index contributed by atoms with van der Waals surface area (Å²) in [6.07, 6.45) is 1.75. The summed E-state index contributed by atoms with van der Waals surface area (Å²) < 4.78 is 26.8. The van der Waals surface area contributed by atoms with Crippen molar-refractivity contribution < 1.29 is 18.0 Å². The van der Waals surface area contributed by atoms with E-state index in [9.17, 15) is 18.0 Å². The Hall–Kier alpha value is -2.71. The number of hydrogen-bond donors (Lipinski definition) is 2. The molecule has 1 aliphatic heterocycles. The molecule has 0 aliphatic carbocycles. The number of nitrogens with one attached hydrogen (secondary N) is 2.